The third kappa shape index (κ3) is 2.73. The van der Waals surface area contributed by atoms with Crippen LogP contribution in [-0.4, -0.2) is 16.0 Å². The highest BCUT2D eigenvalue weighted by Crippen LogP contribution is 2.15. The molecule has 0 saturated carbocycles. The fraction of sp³-hybridized carbons (Fsp3) is 0. The number of carbonyl (C=O) groups is 1. The summed E-state index contributed by atoms with van der Waals surface area (Å²) in [6, 6.07) is 14.0. The molecule has 0 aliphatic rings. The minimum absolute atomic E-state index is 0.369. The van der Waals surface area contributed by atoms with E-state index in [9.17, 15) is 4.79 Å². The average molecular weight is 287 g/mol. The van der Waals surface area contributed by atoms with Gasteiger partial charge in [-0.1, -0.05) is 23.7 Å². The number of halogens is 1. The molecular formula is C14H11ClN4O. The van der Waals surface area contributed by atoms with Crippen molar-refractivity contribution in [3.8, 4) is 0 Å². The second-order valence-corrected chi connectivity index (χ2v) is 4.63. The van der Waals surface area contributed by atoms with Gasteiger partial charge >= 0.3 is 6.03 Å². The van der Waals surface area contributed by atoms with Crippen molar-refractivity contribution in [2.75, 3.05) is 10.6 Å². The highest BCUT2D eigenvalue weighted by atomic mass is 35.5. The third-order valence-corrected chi connectivity index (χ3v) is 2.98. The Morgan fingerprint density at radius 2 is 1.80 bits per heavy atom. The van der Waals surface area contributed by atoms with Crippen LogP contribution in [0.4, 0.5) is 16.4 Å². The molecule has 0 aliphatic heterocycles. The summed E-state index contributed by atoms with van der Waals surface area (Å²) in [7, 11) is 0. The summed E-state index contributed by atoms with van der Waals surface area (Å²) in [6.07, 6.45) is 0. The number of H-pyrrole nitrogens is 1. The van der Waals surface area contributed by atoms with E-state index in [0.29, 0.717) is 16.7 Å². The molecule has 3 N–H and O–H groups in total. The van der Waals surface area contributed by atoms with Crippen LogP contribution in [-0.2, 0) is 0 Å². The summed E-state index contributed by atoms with van der Waals surface area (Å²) in [4.78, 5) is 19.1. The number of carbonyl (C=O) groups excluding carboxylic acids is 1. The van der Waals surface area contributed by atoms with Crippen LogP contribution >= 0.6 is 11.6 Å². The van der Waals surface area contributed by atoms with Gasteiger partial charge in [0.2, 0.25) is 5.95 Å². The zero-order valence-corrected chi connectivity index (χ0v) is 11.1. The van der Waals surface area contributed by atoms with Crippen LogP contribution in [0.15, 0.2) is 48.5 Å². The van der Waals surface area contributed by atoms with Crippen LogP contribution < -0.4 is 10.6 Å². The fourth-order valence-corrected chi connectivity index (χ4v) is 1.94. The number of urea groups is 1. The minimum Gasteiger partial charge on any atom is -0.324 e. The number of para-hydroxylation sites is 2. The van der Waals surface area contributed by atoms with Gasteiger partial charge in [0.05, 0.1) is 11.0 Å². The van der Waals surface area contributed by atoms with E-state index in [4.69, 9.17) is 11.6 Å². The maximum Gasteiger partial charge on any atom is 0.326 e. The van der Waals surface area contributed by atoms with Gasteiger partial charge in [-0.25, -0.2) is 9.78 Å². The van der Waals surface area contributed by atoms with Gasteiger partial charge in [0.25, 0.3) is 0 Å². The molecule has 0 bridgehead atoms. The van der Waals surface area contributed by atoms with E-state index in [2.05, 4.69) is 20.6 Å². The molecule has 0 aliphatic carbocycles. The molecule has 20 heavy (non-hydrogen) atoms. The van der Waals surface area contributed by atoms with Gasteiger partial charge in [-0.2, -0.15) is 0 Å². The summed E-state index contributed by atoms with van der Waals surface area (Å²) in [5.74, 6) is 0.401. The Morgan fingerprint density at radius 1 is 1.05 bits per heavy atom. The Kier molecular flexibility index (Phi) is 3.26. The molecule has 1 aromatic heterocycles. The summed E-state index contributed by atoms with van der Waals surface area (Å²) < 4.78 is 0. The van der Waals surface area contributed by atoms with Crippen molar-refractivity contribution in [3.05, 3.63) is 53.6 Å². The van der Waals surface area contributed by atoms with E-state index >= 15 is 0 Å². The average Bonchev–Trinajstić information content (AvgIpc) is 2.83. The number of anilines is 2. The largest absolute Gasteiger partial charge is 0.326 e. The molecule has 6 heteroatoms. The maximum atomic E-state index is 11.8. The predicted molar refractivity (Wildman–Crippen MR) is 80.2 cm³/mol. The molecule has 0 radical (unpaired) electrons. The number of benzene rings is 2. The van der Waals surface area contributed by atoms with Crippen LogP contribution in [0.3, 0.4) is 0 Å². The van der Waals surface area contributed by atoms with E-state index in [1.165, 1.54) is 0 Å². The van der Waals surface area contributed by atoms with Gasteiger partial charge in [0, 0.05) is 10.7 Å². The molecule has 2 aromatic carbocycles. The van der Waals surface area contributed by atoms with Crippen LogP contribution in [0.2, 0.25) is 5.02 Å². The van der Waals surface area contributed by atoms with Crippen molar-refractivity contribution < 1.29 is 4.79 Å². The van der Waals surface area contributed by atoms with Gasteiger partial charge in [-0.3, -0.25) is 5.32 Å². The standard InChI is InChI=1S/C14H11ClN4O/c15-9-5-7-10(8-6-9)16-14(20)19-13-17-11-3-1-2-4-12(11)18-13/h1-8H,(H3,16,17,18,19,20). The van der Waals surface area contributed by atoms with Crippen molar-refractivity contribution in [3.63, 3.8) is 0 Å². The first-order valence-corrected chi connectivity index (χ1v) is 6.37. The van der Waals surface area contributed by atoms with Gasteiger partial charge in [0.15, 0.2) is 0 Å². The molecule has 3 rings (SSSR count). The first-order chi connectivity index (χ1) is 9.70. The number of fused-ring (bicyclic) bond motifs is 1. The Morgan fingerprint density at radius 3 is 2.55 bits per heavy atom. The number of imidazole rings is 1. The normalized spacial score (nSPS) is 10.4. The lowest BCUT2D eigenvalue weighted by atomic mass is 10.3. The SMILES string of the molecule is O=C(Nc1ccc(Cl)cc1)Nc1nc2ccccc2[nH]1. The third-order valence-electron chi connectivity index (χ3n) is 2.72. The lowest BCUT2D eigenvalue weighted by Crippen LogP contribution is -2.20. The number of amides is 2. The Bertz CT molecular complexity index is 718. The smallest absolute Gasteiger partial charge is 0.324 e. The minimum atomic E-state index is -0.369. The number of nitrogens with zero attached hydrogens (tertiary/aromatic N) is 1. The first-order valence-electron chi connectivity index (χ1n) is 5.99. The number of aromatic nitrogens is 2. The van der Waals surface area contributed by atoms with Gasteiger partial charge in [-0.15, -0.1) is 0 Å². The fourth-order valence-electron chi connectivity index (χ4n) is 1.82. The van der Waals surface area contributed by atoms with Crippen LogP contribution in [0.5, 0.6) is 0 Å². The van der Waals surface area contributed by atoms with Crippen LogP contribution in [0.25, 0.3) is 11.0 Å². The van der Waals surface area contributed by atoms with Crippen molar-refractivity contribution in [1.29, 1.82) is 0 Å². The number of aromatic amines is 1. The second-order valence-electron chi connectivity index (χ2n) is 4.19. The molecule has 0 unspecified atom stereocenters. The highest BCUT2D eigenvalue weighted by Gasteiger charge is 2.06. The van der Waals surface area contributed by atoms with Crippen LogP contribution in [0.1, 0.15) is 0 Å². The maximum absolute atomic E-state index is 11.8. The molecule has 2 amide bonds. The summed E-state index contributed by atoms with van der Waals surface area (Å²) >= 11 is 5.78. The number of hydrogen-bond donors (Lipinski definition) is 3. The molecular weight excluding hydrogens is 276 g/mol. The molecule has 0 fully saturated rings. The predicted octanol–water partition coefficient (Wildman–Crippen LogP) is 3.86. The molecule has 3 aromatic rings. The topological polar surface area (TPSA) is 69.8 Å². The molecule has 0 spiro atoms. The van der Waals surface area contributed by atoms with Crippen LogP contribution in [0, 0.1) is 0 Å². The Labute approximate surface area is 120 Å². The molecule has 0 atom stereocenters. The summed E-state index contributed by atoms with van der Waals surface area (Å²) in [6.45, 7) is 0. The quantitative estimate of drug-likeness (QED) is 0.669. The van der Waals surface area contributed by atoms with Crippen molar-refractivity contribution >= 4 is 40.3 Å². The zero-order chi connectivity index (χ0) is 13.9. The zero-order valence-electron chi connectivity index (χ0n) is 10.4. The lowest BCUT2D eigenvalue weighted by molar-refractivity contribution is 0.262. The van der Waals surface area contributed by atoms with Gasteiger partial charge in [-0.05, 0) is 36.4 Å². The Hall–Kier alpha value is -2.53. The second kappa shape index (κ2) is 5.22. The van der Waals surface area contributed by atoms with E-state index in [0.717, 1.165) is 11.0 Å². The van der Waals surface area contributed by atoms with Crippen molar-refractivity contribution in [2.45, 2.75) is 0 Å². The van der Waals surface area contributed by atoms with E-state index in [1.54, 1.807) is 24.3 Å². The van der Waals surface area contributed by atoms with E-state index in [-0.39, 0.29) is 6.03 Å². The number of nitrogens with one attached hydrogen (secondary N) is 3. The molecule has 5 nitrogen and oxygen atoms in total. The summed E-state index contributed by atoms with van der Waals surface area (Å²) in [5.41, 5.74) is 2.33. The first kappa shape index (κ1) is 12.5. The van der Waals surface area contributed by atoms with E-state index < -0.39 is 0 Å². The van der Waals surface area contributed by atoms with Crippen molar-refractivity contribution in [1.82, 2.24) is 9.97 Å². The molecule has 1 heterocycles. The van der Waals surface area contributed by atoms with Gasteiger partial charge < -0.3 is 10.3 Å². The number of rotatable bonds is 2. The monoisotopic (exact) mass is 286 g/mol. The van der Waals surface area contributed by atoms with Gasteiger partial charge in [0.1, 0.15) is 0 Å². The lowest BCUT2D eigenvalue weighted by Gasteiger charge is -2.05. The van der Waals surface area contributed by atoms with E-state index in [1.807, 2.05) is 24.3 Å². The molecule has 100 valence electrons. The highest BCUT2D eigenvalue weighted by molar-refractivity contribution is 6.30. The summed E-state index contributed by atoms with van der Waals surface area (Å²) in [5, 5.41) is 5.96. The Balaban J connectivity index is 1.70. The van der Waals surface area contributed by atoms with Crippen molar-refractivity contribution in [2.24, 2.45) is 0 Å². The number of hydrogen-bond acceptors (Lipinski definition) is 2. The molecule has 0 saturated heterocycles.